The van der Waals surface area contributed by atoms with Crippen molar-refractivity contribution < 1.29 is 9.90 Å². The predicted molar refractivity (Wildman–Crippen MR) is 68.5 cm³/mol. The largest absolute Gasteiger partial charge is 0.481 e. The summed E-state index contributed by atoms with van der Waals surface area (Å²) in [6.45, 7) is 2.94. The highest BCUT2D eigenvalue weighted by Gasteiger charge is 2.02. The van der Waals surface area contributed by atoms with Crippen LogP contribution in [0.5, 0.6) is 0 Å². The van der Waals surface area contributed by atoms with Gasteiger partial charge in [-0.3, -0.25) is 4.79 Å². The van der Waals surface area contributed by atoms with Crippen molar-refractivity contribution in [1.82, 2.24) is 9.36 Å². The first-order chi connectivity index (χ1) is 8.22. The van der Waals surface area contributed by atoms with E-state index in [1.807, 2.05) is 0 Å². The molecule has 1 rings (SSSR count). The molecule has 96 valence electrons. The van der Waals surface area contributed by atoms with Gasteiger partial charge < -0.3 is 10.4 Å². The van der Waals surface area contributed by atoms with Crippen molar-refractivity contribution in [3.8, 4) is 0 Å². The van der Waals surface area contributed by atoms with Gasteiger partial charge in [-0.25, -0.2) is 4.98 Å². The highest BCUT2D eigenvalue weighted by molar-refractivity contribution is 7.09. The maximum Gasteiger partial charge on any atom is 0.303 e. The van der Waals surface area contributed by atoms with E-state index in [-0.39, 0.29) is 6.42 Å². The van der Waals surface area contributed by atoms with Crippen LogP contribution in [0.25, 0.3) is 0 Å². The van der Waals surface area contributed by atoms with Crippen LogP contribution in [0.15, 0.2) is 0 Å². The van der Waals surface area contributed by atoms with Crippen molar-refractivity contribution in [2.24, 2.45) is 0 Å². The lowest BCUT2D eigenvalue weighted by Gasteiger charge is -2.00. The van der Waals surface area contributed by atoms with Crippen LogP contribution in [0, 0.1) is 0 Å². The molecule has 0 atom stereocenters. The number of aryl methyl sites for hydroxylation is 1. The molecule has 1 heterocycles. The third-order valence-corrected chi connectivity index (χ3v) is 3.00. The number of carbonyl (C=O) groups is 1. The van der Waals surface area contributed by atoms with E-state index >= 15 is 0 Å². The van der Waals surface area contributed by atoms with E-state index in [0.717, 1.165) is 49.6 Å². The van der Waals surface area contributed by atoms with Crippen LogP contribution in [0.4, 0.5) is 5.13 Å². The molecule has 1 aromatic heterocycles. The van der Waals surface area contributed by atoms with Crippen LogP contribution in [-0.2, 0) is 11.2 Å². The molecule has 5 nitrogen and oxygen atoms in total. The number of anilines is 1. The fraction of sp³-hybridized carbons (Fsp3) is 0.727. The lowest BCUT2D eigenvalue weighted by molar-refractivity contribution is -0.137. The molecule has 0 radical (unpaired) electrons. The summed E-state index contributed by atoms with van der Waals surface area (Å²) in [5, 5.41) is 12.5. The second kappa shape index (κ2) is 8.00. The van der Waals surface area contributed by atoms with Gasteiger partial charge in [0.1, 0.15) is 5.82 Å². The second-order valence-electron chi connectivity index (χ2n) is 3.90. The van der Waals surface area contributed by atoms with Crippen molar-refractivity contribution in [1.29, 1.82) is 0 Å². The molecule has 17 heavy (non-hydrogen) atoms. The number of aromatic nitrogens is 2. The van der Waals surface area contributed by atoms with Gasteiger partial charge in [0, 0.05) is 30.9 Å². The third kappa shape index (κ3) is 6.21. The first kappa shape index (κ1) is 13.9. The maximum atomic E-state index is 10.3. The molecule has 0 bridgehead atoms. The Balaban J connectivity index is 2.07. The molecule has 0 fully saturated rings. The number of carboxylic acids is 1. The zero-order chi connectivity index (χ0) is 12.5. The van der Waals surface area contributed by atoms with E-state index in [1.165, 1.54) is 11.5 Å². The first-order valence-electron chi connectivity index (χ1n) is 6.00. The standard InChI is InChI=1S/C11H19N3O2S/c1-2-6-9-13-11(17-14-9)12-8-5-3-4-7-10(15)16/h2-8H2,1H3,(H,15,16)(H,12,13,14). The van der Waals surface area contributed by atoms with Gasteiger partial charge in [0.2, 0.25) is 5.13 Å². The summed E-state index contributed by atoms with van der Waals surface area (Å²) >= 11 is 1.39. The molecule has 0 amide bonds. The number of nitrogens with zero attached hydrogens (tertiary/aromatic N) is 2. The van der Waals surface area contributed by atoms with E-state index in [1.54, 1.807) is 0 Å². The second-order valence-corrected chi connectivity index (χ2v) is 4.65. The predicted octanol–water partition coefficient (Wildman–Crippen LogP) is 2.55. The number of rotatable bonds is 9. The summed E-state index contributed by atoms with van der Waals surface area (Å²) in [4.78, 5) is 14.6. The lowest BCUT2D eigenvalue weighted by Crippen LogP contribution is -2.02. The summed E-state index contributed by atoms with van der Waals surface area (Å²) < 4.78 is 4.23. The Hall–Kier alpha value is -1.17. The molecule has 6 heteroatoms. The normalized spacial score (nSPS) is 10.4. The van der Waals surface area contributed by atoms with Crippen LogP contribution >= 0.6 is 11.5 Å². The van der Waals surface area contributed by atoms with Crippen LogP contribution in [0.1, 0.15) is 44.9 Å². The van der Waals surface area contributed by atoms with Gasteiger partial charge in [-0.15, -0.1) is 0 Å². The molecule has 0 aromatic carbocycles. The third-order valence-electron chi connectivity index (χ3n) is 2.29. The van der Waals surface area contributed by atoms with Crippen LogP contribution in [0.3, 0.4) is 0 Å². The van der Waals surface area contributed by atoms with Crippen molar-refractivity contribution in [2.75, 3.05) is 11.9 Å². The minimum atomic E-state index is -0.716. The Morgan fingerprint density at radius 3 is 2.94 bits per heavy atom. The number of nitrogens with one attached hydrogen (secondary N) is 1. The molecule has 0 saturated heterocycles. The summed E-state index contributed by atoms with van der Waals surface area (Å²) in [5.41, 5.74) is 0. The molecule has 0 aliphatic carbocycles. The zero-order valence-electron chi connectivity index (χ0n) is 10.1. The first-order valence-corrected chi connectivity index (χ1v) is 6.78. The topological polar surface area (TPSA) is 75.1 Å². The van der Waals surface area contributed by atoms with Gasteiger partial charge in [-0.2, -0.15) is 4.37 Å². The zero-order valence-corrected chi connectivity index (χ0v) is 10.9. The Kier molecular flexibility index (Phi) is 6.54. The molecule has 0 aliphatic heterocycles. The lowest BCUT2D eigenvalue weighted by atomic mass is 10.2. The van der Waals surface area contributed by atoms with E-state index in [2.05, 4.69) is 21.6 Å². The summed E-state index contributed by atoms with van der Waals surface area (Å²) in [6.07, 6.45) is 4.89. The fourth-order valence-electron chi connectivity index (χ4n) is 1.42. The molecular weight excluding hydrogens is 238 g/mol. The molecular formula is C11H19N3O2S. The Labute approximate surface area is 105 Å². The number of hydrogen-bond donors (Lipinski definition) is 2. The van der Waals surface area contributed by atoms with E-state index in [4.69, 9.17) is 5.11 Å². The molecule has 2 N–H and O–H groups in total. The highest BCUT2D eigenvalue weighted by Crippen LogP contribution is 2.12. The quantitative estimate of drug-likeness (QED) is 0.665. The number of unbranched alkanes of at least 4 members (excludes halogenated alkanes) is 2. The van der Waals surface area contributed by atoms with Crippen LogP contribution in [-0.4, -0.2) is 27.0 Å². The van der Waals surface area contributed by atoms with E-state index in [0.29, 0.717) is 0 Å². The number of hydrogen-bond acceptors (Lipinski definition) is 5. The maximum absolute atomic E-state index is 10.3. The van der Waals surface area contributed by atoms with Gasteiger partial charge in [-0.1, -0.05) is 13.3 Å². The summed E-state index contributed by atoms with van der Waals surface area (Å²) in [7, 11) is 0. The van der Waals surface area contributed by atoms with Gasteiger partial charge in [0.15, 0.2) is 0 Å². The fourth-order valence-corrected chi connectivity index (χ4v) is 2.06. The average molecular weight is 257 g/mol. The number of carboxylic acid groups (broad SMARTS) is 1. The van der Waals surface area contributed by atoms with Crippen molar-refractivity contribution in [3.63, 3.8) is 0 Å². The Morgan fingerprint density at radius 1 is 1.41 bits per heavy atom. The van der Waals surface area contributed by atoms with Gasteiger partial charge in [0.05, 0.1) is 0 Å². The molecule has 0 spiro atoms. The smallest absolute Gasteiger partial charge is 0.303 e. The molecule has 0 aliphatic rings. The Morgan fingerprint density at radius 2 is 2.24 bits per heavy atom. The van der Waals surface area contributed by atoms with Crippen LogP contribution < -0.4 is 5.32 Å². The molecule has 0 unspecified atom stereocenters. The van der Waals surface area contributed by atoms with Crippen LogP contribution in [0.2, 0.25) is 0 Å². The summed E-state index contributed by atoms with van der Waals surface area (Å²) in [5.74, 6) is 0.192. The summed E-state index contributed by atoms with van der Waals surface area (Å²) in [6, 6.07) is 0. The average Bonchev–Trinajstić information content (AvgIpc) is 2.71. The number of aliphatic carboxylic acids is 1. The SMILES string of the molecule is CCCc1nsc(NCCCCCC(=O)O)n1. The van der Waals surface area contributed by atoms with E-state index < -0.39 is 5.97 Å². The Bertz CT molecular complexity index is 341. The minimum absolute atomic E-state index is 0.263. The monoisotopic (exact) mass is 257 g/mol. The van der Waals surface area contributed by atoms with E-state index in [9.17, 15) is 4.79 Å². The van der Waals surface area contributed by atoms with Crippen molar-refractivity contribution in [3.05, 3.63) is 5.82 Å². The highest BCUT2D eigenvalue weighted by atomic mass is 32.1. The molecule has 1 aromatic rings. The minimum Gasteiger partial charge on any atom is -0.481 e. The van der Waals surface area contributed by atoms with Gasteiger partial charge in [0.25, 0.3) is 0 Å². The molecule has 0 saturated carbocycles. The van der Waals surface area contributed by atoms with Crippen molar-refractivity contribution in [2.45, 2.75) is 45.4 Å². The van der Waals surface area contributed by atoms with Crippen molar-refractivity contribution >= 4 is 22.6 Å². The van der Waals surface area contributed by atoms with Gasteiger partial charge in [-0.05, 0) is 19.3 Å². The van der Waals surface area contributed by atoms with Gasteiger partial charge >= 0.3 is 5.97 Å².